The van der Waals surface area contributed by atoms with Crippen molar-refractivity contribution in [3.8, 4) is 0 Å². The SMILES string of the molecule is CCc1nnc(Cn2nnc(C(=O)O)c2CN)o1. The highest BCUT2D eigenvalue weighted by molar-refractivity contribution is 5.86. The fraction of sp³-hybridized carbons (Fsp3) is 0.444. The Morgan fingerprint density at radius 3 is 2.67 bits per heavy atom. The zero-order chi connectivity index (χ0) is 13.1. The van der Waals surface area contributed by atoms with Gasteiger partial charge < -0.3 is 15.3 Å². The number of nitrogens with two attached hydrogens (primary N) is 1. The minimum absolute atomic E-state index is 0.0173. The summed E-state index contributed by atoms with van der Waals surface area (Å²) >= 11 is 0. The van der Waals surface area contributed by atoms with Gasteiger partial charge in [-0.1, -0.05) is 12.1 Å². The van der Waals surface area contributed by atoms with Gasteiger partial charge in [0.2, 0.25) is 11.8 Å². The van der Waals surface area contributed by atoms with Crippen molar-refractivity contribution in [2.24, 2.45) is 5.73 Å². The Kier molecular flexibility index (Phi) is 3.33. The normalized spacial score (nSPS) is 10.8. The first-order valence-corrected chi connectivity index (χ1v) is 5.32. The number of aryl methyl sites for hydroxylation is 1. The molecule has 2 heterocycles. The van der Waals surface area contributed by atoms with E-state index in [1.165, 1.54) is 4.68 Å². The van der Waals surface area contributed by atoms with Crippen molar-refractivity contribution in [2.45, 2.75) is 26.4 Å². The predicted octanol–water partition coefficient (Wildman–Crippen LogP) is -0.571. The second-order valence-electron chi connectivity index (χ2n) is 3.49. The molecular weight excluding hydrogens is 240 g/mol. The van der Waals surface area contributed by atoms with Gasteiger partial charge in [0.05, 0.1) is 5.69 Å². The van der Waals surface area contributed by atoms with E-state index in [0.29, 0.717) is 23.9 Å². The summed E-state index contributed by atoms with van der Waals surface area (Å²) in [6, 6.07) is 0. The second-order valence-corrected chi connectivity index (χ2v) is 3.49. The number of rotatable bonds is 5. The first kappa shape index (κ1) is 12.2. The van der Waals surface area contributed by atoms with Crippen molar-refractivity contribution in [2.75, 3.05) is 0 Å². The van der Waals surface area contributed by atoms with E-state index < -0.39 is 5.97 Å². The van der Waals surface area contributed by atoms with Crippen LogP contribution in [-0.2, 0) is 19.5 Å². The highest BCUT2D eigenvalue weighted by atomic mass is 16.4. The number of carboxylic acid groups (broad SMARTS) is 1. The van der Waals surface area contributed by atoms with E-state index in [4.69, 9.17) is 15.3 Å². The molecule has 18 heavy (non-hydrogen) atoms. The van der Waals surface area contributed by atoms with Gasteiger partial charge in [-0.2, -0.15) is 0 Å². The summed E-state index contributed by atoms with van der Waals surface area (Å²) in [7, 11) is 0. The van der Waals surface area contributed by atoms with Crippen molar-refractivity contribution in [1.82, 2.24) is 25.2 Å². The number of hydrogen-bond donors (Lipinski definition) is 2. The van der Waals surface area contributed by atoms with Crippen LogP contribution in [0, 0.1) is 0 Å². The first-order valence-electron chi connectivity index (χ1n) is 5.32. The van der Waals surface area contributed by atoms with Crippen LogP contribution in [0.25, 0.3) is 0 Å². The van der Waals surface area contributed by atoms with Gasteiger partial charge in [-0.25, -0.2) is 9.48 Å². The minimum atomic E-state index is -1.17. The van der Waals surface area contributed by atoms with E-state index in [2.05, 4.69) is 20.5 Å². The third-order valence-electron chi connectivity index (χ3n) is 2.33. The Labute approximate surface area is 102 Å². The number of carboxylic acids is 1. The highest BCUT2D eigenvalue weighted by Crippen LogP contribution is 2.08. The third kappa shape index (κ3) is 2.20. The lowest BCUT2D eigenvalue weighted by molar-refractivity contribution is 0.0689. The smallest absolute Gasteiger partial charge is 0.358 e. The molecule has 0 aliphatic heterocycles. The standard InChI is InChI=1S/C9H12N6O3/c1-2-6-11-12-7(18-6)4-15-5(3-10)8(9(16)17)13-14-15/h2-4,10H2,1H3,(H,16,17). The molecule has 2 aromatic rings. The molecule has 2 aromatic heterocycles. The molecule has 0 fully saturated rings. The van der Waals surface area contributed by atoms with Gasteiger partial charge in [0.1, 0.15) is 6.54 Å². The minimum Gasteiger partial charge on any atom is -0.476 e. The molecule has 0 bridgehead atoms. The number of carbonyl (C=O) groups is 1. The lowest BCUT2D eigenvalue weighted by atomic mass is 10.3. The van der Waals surface area contributed by atoms with Crippen molar-refractivity contribution in [3.63, 3.8) is 0 Å². The Morgan fingerprint density at radius 1 is 1.39 bits per heavy atom. The Bertz CT molecular complexity index is 560. The van der Waals surface area contributed by atoms with Crippen LogP contribution in [0.3, 0.4) is 0 Å². The summed E-state index contributed by atoms with van der Waals surface area (Å²) in [6.07, 6.45) is 0.633. The van der Waals surface area contributed by atoms with Gasteiger partial charge in [0.25, 0.3) is 0 Å². The van der Waals surface area contributed by atoms with Gasteiger partial charge in [-0.15, -0.1) is 15.3 Å². The third-order valence-corrected chi connectivity index (χ3v) is 2.33. The fourth-order valence-corrected chi connectivity index (χ4v) is 1.45. The maximum absolute atomic E-state index is 10.9. The maximum Gasteiger partial charge on any atom is 0.358 e. The lowest BCUT2D eigenvalue weighted by Crippen LogP contribution is -2.13. The maximum atomic E-state index is 10.9. The van der Waals surface area contributed by atoms with E-state index in [-0.39, 0.29) is 18.8 Å². The van der Waals surface area contributed by atoms with E-state index in [9.17, 15) is 4.79 Å². The molecule has 9 heteroatoms. The summed E-state index contributed by atoms with van der Waals surface area (Å²) in [6.45, 7) is 2.06. The molecular formula is C9H12N6O3. The van der Waals surface area contributed by atoms with Crippen LogP contribution in [0.4, 0.5) is 0 Å². The van der Waals surface area contributed by atoms with Gasteiger partial charge in [0, 0.05) is 13.0 Å². The van der Waals surface area contributed by atoms with Crippen molar-refractivity contribution < 1.29 is 14.3 Å². The summed E-state index contributed by atoms with van der Waals surface area (Å²) in [5, 5.41) is 23.8. The second kappa shape index (κ2) is 4.92. The molecule has 96 valence electrons. The number of aromatic nitrogens is 5. The van der Waals surface area contributed by atoms with Crippen LogP contribution in [0.1, 0.15) is 34.9 Å². The number of hydrogen-bond acceptors (Lipinski definition) is 7. The van der Waals surface area contributed by atoms with Gasteiger partial charge in [-0.05, 0) is 0 Å². The quantitative estimate of drug-likeness (QED) is 0.722. The fourth-order valence-electron chi connectivity index (χ4n) is 1.45. The van der Waals surface area contributed by atoms with Crippen LogP contribution < -0.4 is 5.73 Å². The Balaban J connectivity index is 2.26. The monoisotopic (exact) mass is 252 g/mol. The molecule has 0 radical (unpaired) electrons. The Hall–Kier alpha value is -2.29. The van der Waals surface area contributed by atoms with Crippen molar-refractivity contribution in [1.29, 1.82) is 0 Å². The molecule has 0 saturated heterocycles. The molecule has 0 aliphatic rings. The molecule has 0 unspecified atom stereocenters. The predicted molar refractivity (Wildman–Crippen MR) is 57.7 cm³/mol. The largest absolute Gasteiger partial charge is 0.476 e. The summed E-state index contributed by atoms with van der Waals surface area (Å²) < 4.78 is 6.65. The lowest BCUT2D eigenvalue weighted by Gasteiger charge is -2.01. The van der Waals surface area contributed by atoms with E-state index in [0.717, 1.165) is 0 Å². The van der Waals surface area contributed by atoms with Gasteiger partial charge >= 0.3 is 5.97 Å². The molecule has 0 amide bonds. The zero-order valence-corrected chi connectivity index (χ0v) is 9.70. The average molecular weight is 252 g/mol. The summed E-state index contributed by atoms with van der Waals surface area (Å²) in [5.74, 6) is -0.317. The van der Waals surface area contributed by atoms with Crippen molar-refractivity contribution in [3.05, 3.63) is 23.2 Å². The Morgan fingerprint density at radius 2 is 2.11 bits per heavy atom. The molecule has 0 spiro atoms. The molecule has 3 N–H and O–H groups in total. The van der Waals surface area contributed by atoms with Crippen LogP contribution >= 0.6 is 0 Å². The van der Waals surface area contributed by atoms with Crippen LogP contribution in [-0.4, -0.2) is 36.3 Å². The number of aromatic carboxylic acids is 1. The number of nitrogens with zero attached hydrogens (tertiary/aromatic N) is 5. The zero-order valence-electron chi connectivity index (χ0n) is 9.70. The molecule has 0 saturated carbocycles. The van der Waals surface area contributed by atoms with Crippen molar-refractivity contribution >= 4 is 5.97 Å². The highest BCUT2D eigenvalue weighted by Gasteiger charge is 2.19. The average Bonchev–Trinajstić information content (AvgIpc) is 2.95. The van der Waals surface area contributed by atoms with Crippen LogP contribution in [0.15, 0.2) is 4.42 Å². The van der Waals surface area contributed by atoms with Crippen LogP contribution in [0.5, 0.6) is 0 Å². The van der Waals surface area contributed by atoms with Crippen LogP contribution in [0.2, 0.25) is 0 Å². The summed E-state index contributed by atoms with van der Waals surface area (Å²) in [4.78, 5) is 10.9. The molecule has 0 aromatic carbocycles. The molecule has 0 aliphatic carbocycles. The molecule has 0 atom stereocenters. The first-order chi connectivity index (χ1) is 8.65. The van der Waals surface area contributed by atoms with E-state index in [1.807, 2.05) is 6.92 Å². The van der Waals surface area contributed by atoms with Gasteiger partial charge in [-0.3, -0.25) is 0 Å². The van der Waals surface area contributed by atoms with E-state index >= 15 is 0 Å². The van der Waals surface area contributed by atoms with E-state index in [1.54, 1.807) is 0 Å². The molecule has 2 rings (SSSR count). The molecule has 9 nitrogen and oxygen atoms in total. The van der Waals surface area contributed by atoms with Gasteiger partial charge in [0.15, 0.2) is 5.69 Å². The topological polar surface area (TPSA) is 133 Å². The summed E-state index contributed by atoms with van der Waals surface area (Å²) in [5.41, 5.74) is 5.65.